The van der Waals surface area contributed by atoms with Crippen molar-refractivity contribution in [1.82, 2.24) is 9.78 Å². The molecule has 2 aromatic rings. The summed E-state index contributed by atoms with van der Waals surface area (Å²) < 4.78 is 38.8. The van der Waals surface area contributed by atoms with Gasteiger partial charge in [0.05, 0.1) is 25.5 Å². The van der Waals surface area contributed by atoms with Gasteiger partial charge in [0.1, 0.15) is 5.82 Å². The van der Waals surface area contributed by atoms with Crippen LogP contribution in [0.3, 0.4) is 0 Å². The maximum atomic E-state index is 14.1. The highest BCUT2D eigenvalue weighted by atomic mass is 19.1. The normalized spacial score (nSPS) is 10.5. The molecule has 0 aliphatic heterocycles. The SMILES string of the molecule is COc1c(F)cc(F)c(-c2cc(C(=O)O)nn2C)c1OC. The van der Waals surface area contributed by atoms with Crippen LogP contribution < -0.4 is 9.47 Å². The Morgan fingerprint density at radius 1 is 1.19 bits per heavy atom. The van der Waals surface area contributed by atoms with Gasteiger partial charge in [-0.3, -0.25) is 4.68 Å². The van der Waals surface area contributed by atoms with Gasteiger partial charge in [-0.2, -0.15) is 5.10 Å². The molecule has 0 radical (unpaired) electrons. The van der Waals surface area contributed by atoms with Crippen molar-refractivity contribution in [3.05, 3.63) is 29.5 Å². The van der Waals surface area contributed by atoms with Crippen molar-refractivity contribution in [2.75, 3.05) is 14.2 Å². The van der Waals surface area contributed by atoms with E-state index >= 15 is 0 Å². The first-order valence-corrected chi connectivity index (χ1v) is 5.78. The number of rotatable bonds is 4. The third-order valence-corrected chi connectivity index (χ3v) is 2.91. The average molecular weight is 298 g/mol. The molecule has 0 saturated heterocycles. The van der Waals surface area contributed by atoms with Crippen LogP contribution >= 0.6 is 0 Å². The first-order chi connectivity index (χ1) is 9.90. The minimum Gasteiger partial charge on any atom is -0.492 e. The van der Waals surface area contributed by atoms with Crippen molar-refractivity contribution in [1.29, 1.82) is 0 Å². The first kappa shape index (κ1) is 14.8. The summed E-state index contributed by atoms with van der Waals surface area (Å²) in [6, 6.07) is 1.81. The maximum absolute atomic E-state index is 14.1. The van der Waals surface area contributed by atoms with Gasteiger partial charge in [0.2, 0.25) is 0 Å². The Morgan fingerprint density at radius 2 is 1.81 bits per heavy atom. The molecule has 21 heavy (non-hydrogen) atoms. The van der Waals surface area contributed by atoms with Crippen molar-refractivity contribution in [2.24, 2.45) is 7.05 Å². The van der Waals surface area contributed by atoms with E-state index in [0.717, 1.165) is 0 Å². The Balaban J connectivity index is 2.77. The molecule has 8 heteroatoms. The van der Waals surface area contributed by atoms with Crippen molar-refractivity contribution in [3.8, 4) is 22.8 Å². The van der Waals surface area contributed by atoms with Crippen LogP contribution in [0.15, 0.2) is 12.1 Å². The zero-order valence-corrected chi connectivity index (χ0v) is 11.5. The minimum absolute atomic E-state index is 0.125. The molecule has 0 spiro atoms. The van der Waals surface area contributed by atoms with Crippen LogP contribution in [0.1, 0.15) is 10.5 Å². The zero-order chi connectivity index (χ0) is 15.7. The van der Waals surface area contributed by atoms with E-state index in [0.29, 0.717) is 6.07 Å². The third kappa shape index (κ3) is 2.39. The summed E-state index contributed by atoms with van der Waals surface area (Å²) in [5.74, 6) is -3.53. The molecular weight excluding hydrogens is 286 g/mol. The van der Waals surface area contributed by atoms with Gasteiger partial charge in [-0.15, -0.1) is 0 Å². The summed E-state index contributed by atoms with van der Waals surface area (Å²) in [4.78, 5) is 10.9. The Hall–Kier alpha value is -2.64. The summed E-state index contributed by atoms with van der Waals surface area (Å²) >= 11 is 0. The smallest absolute Gasteiger partial charge is 0.356 e. The average Bonchev–Trinajstić information content (AvgIpc) is 2.80. The van der Waals surface area contributed by atoms with Gasteiger partial charge in [0.15, 0.2) is 23.0 Å². The largest absolute Gasteiger partial charge is 0.492 e. The van der Waals surface area contributed by atoms with Gasteiger partial charge < -0.3 is 14.6 Å². The van der Waals surface area contributed by atoms with Crippen molar-refractivity contribution >= 4 is 5.97 Å². The van der Waals surface area contributed by atoms with Gasteiger partial charge in [0, 0.05) is 13.1 Å². The second-order valence-corrected chi connectivity index (χ2v) is 4.13. The van der Waals surface area contributed by atoms with Gasteiger partial charge >= 0.3 is 5.97 Å². The van der Waals surface area contributed by atoms with Crippen LogP contribution in [0.4, 0.5) is 8.78 Å². The molecule has 0 aliphatic carbocycles. The number of aryl methyl sites for hydroxylation is 1. The molecule has 6 nitrogen and oxygen atoms in total. The van der Waals surface area contributed by atoms with Crippen LogP contribution in [0.25, 0.3) is 11.3 Å². The van der Waals surface area contributed by atoms with E-state index in [-0.39, 0.29) is 28.5 Å². The van der Waals surface area contributed by atoms with Crippen molar-refractivity contribution < 1.29 is 28.2 Å². The monoisotopic (exact) mass is 298 g/mol. The van der Waals surface area contributed by atoms with Crippen LogP contribution in [-0.4, -0.2) is 35.1 Å². The summed E-state index contributed by atoms with van der Waals surface area (Å²) in [5, 5.41) is 12.7. The lowest BCUT2D eigenvalue weighted by atomic mass is 10.1. The molecule has 1 heterocycles. The van der Waals surface area contributed by atoms with Crippen molar-refractivity contribution in [3.63, 3.8) is 0 Å². The first-order valence-electron chi connectivity index (χ1n) is 5.78. The maximum Gasteiger partial charge on any atom is 0.356 e. The van der Waals surface area contributed by atoms with E-state index in [4.69, 9.17) is 14.6 Å². The molecule has 0 bridgehead atoms. The lowest BCUT2D eigenvalue weighted by Crippen LogP contribution is -2.02. The second kappa shape index (κ2) is 5.39. The van der Waals surface area contributed by atoms with E-state index < -0.39 is 17.6 Å². The molecule has 0 unspecified atom stereocenters. The molecule has 0 fully saturated rings. The fourth-order valence-electron chi connectivity index (χ4n) is 2.01. The quantitative estimate of drug-likeness (QED) is 0.935. The number of aromatic carboxylic acids is 1. The summed E-state index contributed by atoms with van der Waals surface area (Å²) in [6.07, 6.45) is 0. The molecule has 0 saturated carbocycles. The second-order valence-electron chi connectivity index (χ2n) is 4.13. The molecular formula is C13H12F2N2O4. The van der Waals surface area contributed by atoms with Crippen molar-refractivity contribution in [2.45, 2.75) is 0 Å². The van der Waals surface area contributed by atoms with E-state index in [1.807, 2.05) is 0 Å². The molecule has 2 rings (SSSR count). The fourth-order valence-corrected chi connectivity index (χ4v) is 2.01. The number of carboxylic acids is 1. The molecule has 1 N–H and O–H groups in total. The number of carbonyl (C=O) groups is 1. The number of hydrogen-bond acceptors (Lipinski definition) is 4. The molecule has 1 aromatic heterocycles. The van der Waals surface area contributed by atoms with Gasteiger partial charge in [-0.25, -0.2) is 13.6 Å². The summed E-state index contributed by atoms with van der Waals surface area (Å²) in [5.41, 5.74) is -0.268. The zero-order valence-electron chi connectivity index (χ0n) is 11.5. The molecule has 112 valence electrons. The predicted molar refractivity (Wildman–Crippen MR) is 68.6 cm³/mol. The number of hydrogen-bond donors (Lipinski definition) is 1. The van der Waals surface area contributed by atoms with E-state index in [9.17, 15) is 13.6 Å². The molecule has 0 aliphatic rings. The number of ether oxygens (including phenoxy) is 2. The highest BCUT2D eigenvalue weighted by Crippen LogP contribution is 2.41. The summed E-state index contributed by atoms with van der Waals surface area (Å²) in [6.45, 7) is 0. The minimum atomic E-state index is -1.26. The Kier molecular flexibility index (Phi) is 3.79. The third-order valence-electron chi connectivity index (χ3n) is 2.91. The van der Waals surface area contributed by atoms with E-state index in [1.54, 1.807) is 0 Å². The number of methoxy groups -OCH3 is 2. The fraction of sp³-hybridized carbons (Fsp3) is 0.231. The van der Waals surface area contributed by atoms with Gasteiger partial charge in [0.25, 0.3) is 0 Å². The lowest BCUT2D eigenvalue weighted by Gasteiger charge is -2.14. The number of carboxylic acid groups (broad SMARTS) is 1. The Labute approximate surface area is 118 Å². The van der Waals surface area contributed by atoms with Crippen LogP contribution in [0.5, 0.6) is 11.5 Å². The number of benzene rings is 1. The van der Waals surface area contributed by atoms with E-state index in [1.165, 1.54) is 32.0 Å². The number of halogens is 2. The molecule has 0 amide bonds. The molecule has 0 atom stereocenters. The highest BCUT2D eigenvalue weighted by molar-refractivity contribution is 5.87. The van der Waals surface area contributed by atoms with Crippen LogP contribution in [-0.2, 0) is 7.05 Å². The summed E-state index contributed by atoms with van der Waals surface area (Å²) in [7, 11) is 3.89. The number of aromatic nitrogens is 2. The predicted octanol–water partition coefficient (Wildman–Crippen LogP) is 2.08. The number of nitrogens with zero attached hydrogens (tertiary/aromatic N) is 2. The lowest BCUT2D eigenvalue weighted by molar-refractivity contribution is 0.0689. The standard InChI is InChI=1S/C13H12F2N2O4/c1-17-9(5-8(16-17)13(18)19)10-6(14)4-7(15)11(20-2)12(10)21-3/h4-5H,1-3H3,(H,18,19). The van der Waals surface area contributed by atoms with Gasteiger partial charge in [-0.05, 0) is 6.07 Å². The van der Waals surface area contributed by atoms with Crippen LogP contribution in [0.2, 0.25) is 0 Å². The van der Waals surface area contributed by atoms with Gasteiger partial charge in [-0.1, -0.05) is 0 Å². The Morgan fingerprint density at radius 3 is 2.29 bits per heavy atom. The Bertz CT molecular complexity index is 713. The molecule has 1 aromatic carbocycles. The topological polar surface area (TPSA) is 73.6 Å². The highest BCUT2D eigenvalue weighted by Gasteiger charge is 2.25. The van der Waals surface area contributed by atoms with Crippen LogP contribution in [0, 0.1) is 11.6 Å². The van der Waals surface area contributed by atoms with E-state index in [2.05, 4.69) is 5.10 Å².